The molecular formula is C18H23IN4O. The Balaban J connectivity index is 0.00000208. The van der Waals surface area contributed by atoms with E-state index in [4.69, 9.17) is 4.74 Å². The molecule has 0 aliphatic carbocycles. The molecule has 0 radical (unpaired) electrons. The van der Waals surface area contributed by atoms with E-state index in [0.717, 1.165) is 43.3 Å². The lowest BCUT2D eigenvalue weighted by Crippen LogP contribution is -2.42. The van der Waals surface area contributed by atoms with Gasteiger partial charge in [-0.2, -0.15) is 0 Å². The molecular weight excluding hydrogens is 415 g/mol. The van der Waals surface area contributed by atoms with Crippen LogP contribution in [0.3, 0.4) is 0 Å². The highest BCUT2D eigenvalue weighted by Crippen LogP contribution is 2.27. The van der Waals surface area contributed by atoms with Crippen molar-refractivity contribution in [3.8, 4) is 5.75 Å². The topological polar surface area (TPSA) is 58.5 Å². The van der Waals surface area contributed by atoms with E-state index in [1.54, 1.807) is 7.05 Å². The van der Waals surface area contributed by atoms with E-state index in [9.17, 15) is 0 Å². The molecule has 128 valence electrons. The number of fused-ring (bicyclic) bond motifs is 1. The molecule has 1 aliphatic heterocycles. The van der Waals surface area contributed by atoms with Crippen LogP contribution in [-0.4, -0.2) is 37.2 Å². The first-order valence-electron chi connectivity index (χ1n) is 7.94. The van der Waals surface area contributed by atoms with Crippen molar-refractivity contribution in [3.05, 3.63) is 59.9 Å². The molecule has 0 fully saturated rings. The number of ether oxygens (including phenoxy) is 1. The van der Waals surface area contributed by atoms with Crippen LogP contribution in [0, 0.1) is 0 Å². The predicted octanol–water partition coefficient (Wildman–Crippen LogP) is 2.41. The molecule has 2 heterocycles. The number of hydrogen-bond donors (Lipinski definition) is 2. The Morgan fingerprint density at radius 1 is 1.21 bits per heavy atom. The molecule has 3 rings (SSSR count). The summed E-state index contributed by atoms with van der Waals surface area (Å²) in [6, 6.07) is 14.2. The van der Waals surface area contributed by atoms with E-state index in [1.807, 2.05) is 36.5 Å². The van der Waals surface area contributed by atoms with E-state index in [0.29, 0.717) is 0 Å². The summed E-state index contributed by atoms with van der Waals surface area (Å²) in [6.07, 6.45) is 3.78. The third kappa shape index (κ3) is 5.09. The SMILES string of the molecule is CN=C(NCCc1ccccn1)NCC1Cc2ccccc2O1.I. The van der Waals surface area contributed by atoms with Gasteiger partial charge in [-0.25, -0.2) is 0 Å². The maximum absolute atomic E-state index is 5.92. The van der Waals surface area contributed by atoms with Gasteiger partial charge in [0.1, 0.15) is 11.9 Å². The molecule has 1 aromatic heterocycles. The monoisotopic (exact) mass is 438 g/mol. The van der Waals surface area contributed by atoms with Crippen LogP contribution in [0.25, 0.3) is 0 Å². The molecule has 1 aliphatic rings. The molecule has 0 bridgehead atoms. The van der Waals surface area contributed by atoms with Crippen LogP contribution in [0.5, 0.6) is 5.75 Å². The average Bonchev–Trinajstić information content (AvgIpc) is 3.01. The molecule has 2 aromatic rings. The first-order valence-corrected chi connectivity index (χ1v) is 7.94. The highest BCUT2D eigenvalue weighted by Gasteiger charge is 2.22. The number of guanidine groups is 1. The van der Waals surface area contributed by atoms with Gasteiger partial charge in [0.25, 0.3) is 0 Å². The molecule has 2 N–H and O–H groups in total. The maximum atomic E-state index is 5.92. The summed E-state index contributed by atoms with van der Waals surface area (Å²) in [5, 5.41) is 6.63. The lowest BCUT2D eigenvalue weighted by atomic mass is 10.1. The van der Waals surface area contributed by atoms with E-state index >= 15 is 0 Å². The first-order chi connectivity index (χ1) is 11.3. The van der Waals surface area contributed by atoms with Crippen LogP contribution in [-0.2, 0) is 12.8 Å². The summed E-state index contributed by atoms with van der Waals surface area (Å²) < 4.78 is 5.92. The van der Waals surface area contributed by atoms with E-state index in [-0.39, 0.29) is 30.1 Å². The van der Waals surface area contributed by atoms with Gasteiger partial charge in [-0.1, -0.05) is 24.3 Å². The predicted molar refractivity (Wildman–Crippen MR) is 107 cm³/mol. The van der Waals surface area contributed by atoms with Gasteiger partial charge in [0, 0.05) is 38.3 Å². The van der Waals surface area contributed by atoms with Crippen molar-refractivity contribution in [1.82, 2.24) is 15.6 Å². The van der Waals surface area contributed by atoms with Gasteiger partial charge in [0.15, 0.2) is 5.96 Å². The van der Waals surface area contributed by atoms with Crippen LogP contribution in [0.2, 0.25) is 0 Å². The Bertz CT molecular complexity index is 638. The van der Waals surface area contributed by atoms with Crippen molar-refractivity contribution in [1.29, 1.82) is 0 Å². The zero-order valence-electron chi connectivity index (χ0n) is 13.7. The van der Waals surface area contributed by atoms with E-state index < -0.39 is 0 Å². The largest absolute Gasteiger partial charge is 0.488 e. The molecule has 0 saturated carbocycles. The second-order valence-electron chi connectivity index (χ2n) is 5.50. The van der Waals surface area contributed by atoms with Crippen LogP contribution in [0.1, 0.15) is 11.3 Å². The zero-order chi connectivity index (χ0) is 15.9. The first kappa shape index (κ1) is 18.5. The highest BCUT2D eigenvalue weighted by atomic mass is 127. The van der Waals surface area contributed by atoms with Gasteiger partial charge < -0.3 is 15.4 Å². The number of hydrogen-bond acceptors (Lipinski definition) is 3. The zero-order valence-corrected chi connectivity index (χ0v) is 16.1. The van der Waals surface area contributed by atoms with Crippen LogP contribution < -0.4 is 15.4 Å². The third-order valence-electron chi connectivity index (χ3n) is 3.83. The van der Waals surface area contributed by atoms with Crippen molar-refractivity contribution in [2.45, 2.75) is 18.9 Å². The van der Waals surface area contributed by atoms with Gasteiger partial charge >= 0.3 is 0 Å². The minimum absolute atomic E-state index is 0. The molecule has 1 atom stereocenters. The van der Waals surface area contributed by atoms with Crippen molar-refractivity contribution < 1.29 is 4.74 Å². The third-order valence-corrected chi connectivity index (χ3v) is 3.83. The molecule has 6 heteroatoms. The Morgan fingerprint density at radius 2 is 2.04 bits per heavy atom. The second-order valence-corrected chi connectivity index (χ2v) is 5.50. The number of nitrogens with zero attached hydrogens (tertiary/aromatic N) is 2. The number of aliphatic imine (C=N–C) groups is 1. The average molecular weight is 438 g/mol. The summed E-state index contributed by atoms with van der Waals surface area (Å²) in [4.78, 5) is 8.56. The maximum Gasteiger partial charge on any atom is 0.191 e. The summed E-state index contributed by atoms with van der Waals surface area (Å²) in [5.74, 6) is 1.79. The fourth-order valence-electron chi connectivity index (χ4n) is 2.65. The molecule has 1 aromatic carbocycles. The standard InChI is InChI=1S/C18H22N4O.HI/c1-19-18(21-11-9-15-7-4-5-10-20-15)22-13-16-12-14-6-2-3-8-17(14)23-16;/h2-8,10,16H,9,11-13H2,1H3,(H2,19,21,22);1H. The number of nitrogens with one attached hydrogen (secondary N) is 2. The van der Waals surface area contributed by atoms with E-state index in [1.165, 1.54) is 5.56 Å². The number of halogens is 1. The number of rotatable bonds is 5. The van der Waals surface area contributed by atoms with Crippen molar-refractivity contribution in [3.63, 3.8) is 0 Å². The van der Waals surface area contributed by atoms with Crippen LogP contribution >= 0.6 is 24.0 Å². The van der Waals surface area contributed by atoms with Crippen molar-refractivity contribution >= 4 is 29.9 Å². The minimum Gasteiger partial charge on any atom is -0.488 e. The van der Waals surface area contributed by atoms with Gasteiger partial charge in [-0.15, -0.1) is 24.0 Å². The number of benzene rings is 1. The lowest BCUT2D eigenvalue weighted by molar-refractivity contribution is 0.235. The van der Waals surface area contributed by atoms with Crippen molar-refractivity contribution in [2.24, 2.45) is 4.99 Å². The number of pyridine rings is 1. The smallest absolute Gasteiger partial charge is 0.191 e. The fraction of sp³-hybridized carbons (Fsp3) is 0.333. The van der Waals surface area contributed by atoms with Crippen molar-refractivity contribution in [2.75, 3.05) is 20.1 Å². The van der Waals surface area contributed by atoms with Gasteiger partial charge in [0.2, 0.25) is 0 Å². The normalized spacial score (nSPS) is 15.9. The molecule has 24 heavy (non-hydrogen) atoms. The summed E-state index contributed by atoms with van der Waals surface area (Å²) in [5.41, 5.74) is 2.35. The fourth-order valence-corrected chi connectivity index (χ4v) is 2.65. The highest BCUT2D eigenvalue weighted by molar-refractivity contribution is 14.0. The summed E-state index contributed by atoms with van der Waals surface area (Å²) >= 11 is 0. The quantitative estimate of drug-likeness (QED) is 0.428. The van der Waals surface area contributed by atoms with E-state index in [2.05, 4.69) is 32.7 Å². The minimum atomic E-state index is 0. The Kier molecular flexibility index (Phi) is 7.30. The molecule has 1 unspecified atom stereocenters. The molecule has 5 nitrogen and oxygen atoms in total. The van der Waals surface area contributed by atoms with Crippen LogP contribution in [0.4, 0.5) is 0 Å². The number of para-hydroxylation sites is 1. The molecule has 0 saturated heterocycles. The molecule has 0 amide bonds. The summed E-state index contributed by atoms with van der Waals surface area (Å²) in [6.45, 7) is 1.53. The van der Waals surface area contributed by atoms with Crippen LogP contribution in [0.15, 0.2) is 53.7 Å². The Labute approximate surface area is 160 Å². The Morgan fingerprint density at radius 3 is 2.79 bits per heavy atom. The van der Waals surface area contributed by atoms with Gasteiger partial charge in [-0.05, 0) is 23.8 Å². The summed E-state index contributed by atoms with van der Waals surface area (Å²) in [7, 11) is 1.78. The molecule has 0 spiro atoms. The lowest BCUT2D eigenvalue weighted by Gasteiger charge is -2.15. The van der Waals surface area contributed by atoms with Gasteiger partial charge in [-0.3, -0.25) is 9.98 Å². The van der Waals surface area contributed by atoms with Gasteiger partial charge in [0.05, 0.1) is 6.54 Å². The Hall–Kier alpha value is -1.83. The number of aromatic nitrogens is 1. The second kappa shape index (κ2) is 9.46.